The van der Waals surface area contributed by atoms with Crippen LogP contribution in [0, 0.1) is 10.1 Å². The summed E-state index contributed by atoms with van der Waals surface area (Å²) in [5.41, 5.74) is -1.44. The molecule has 0 bridgehead atoms. The minimum absolute atomic E-state index is 0.223. The Morgan fingerprint density at radius 2 is 2.12 bits per heavy atom. The number of aromatic hydroxyl groups is 1. The van der Waals surface area contributed by atoms with Crippen molar-refractivity contribution in [2.75, 3.05) is 0 Å². The van der Waals surface area contributed by atoms with Crippen LogP contribution in [0.1, 0.15) is 0 Å². The van der Waals surface area contributed by atoms with Gasteiger partial charge in [0.1, 0.15) is 0 Å². The first-order valence-corrected chi connectivity index (χ1v) is 4.99. The Morgan fingerprint density at radius 1 is 1.44 bits per heavy atom. The number of para-hydroxylation sites is 1. The van der Waals surface area contributed by atoms with Gasteiger partial charge in [0.2, 0.25) is 5.75 Å². The molecule has 2 N–H and O–H groups in total. The van der Waals surface area contributed by atoms with Gasteiger partial charge < -0.3 is 10.1 Å². The summed E-state index contributed by atoms with van der Waals surface area (Å²) < 4.78 is 0.548. The zero-order chi connectivity index (χ0) is 11.9. The van der Waals surface area contributed by atoms with Crippen molar-refractivity contribution in [1.29, 1.82) is 0 Å². The van der Waals surface area contributed by atoms with Crippen LogP contribution in [-0.2, 0) is 0 Å². The largest absolute Gasteiger partial charge is 0.501 e. The topological polar surface area (TPSA) is 96.2 Å². The van der Waals surface area contributed by atoms with E-state index in [9.17, 15) is 20.0 Å². The molecule has 0 spiro atoms. The van der Waals surface area contributed by atoms with E-state index >= 15 is 0 Å². The molecule has 82 valence electrons. The number of hydrogen-bond donors (Lipinski definition) is 2. The van der Waals surface area contributed by atoms with Crippen LogP contribution in [0.3, 0.4) is 0 Å². The zero-order valence-corrected chi connectivity index (χ0v) is 9.32. The van der Waals surface area contributed by atoms with E-state index in [0.717, 1.165) is 0 Å². The zero-order valence-electron chi connectivity index (χ0n) is 7.73. The van der Waals surface area contributed by atoms with Gasteiger partial charge in [0.05, 0.1) is 10.4 Å². The second-order valence-electron chi connectivity index (χ2n) is 3.07. The first kappa shape index (κ1) is 10.6. The highest BCUT2D eigenvalue weighted by Gasteiger charge is 2.22. The minimum atomic E-state index is -0.929. The number of H-pyrrole nitrogens is 1. The molecule has 2 rings (SSSR count). The number of nitrogens with one attached hydrogen (secondary N) is 1. The molecule has 16 heavy (non-hydrogen) atoms. The summed E-state index contributed by atoms with van der Waals surface area (Å²) in [7, 11) is 0. The number of nitrogens with zero attached hydrogens (tertiary/aromatic N) is 1. The lowest BCUT2D eigenvalue weighted by atomic mass is 10.2. The van der Waals surface area contributed by atoms with Gasteiger partial charge in [-0.05, 0) is 28.1 Å². The van der Waals surface area contributed by atoms with Crippen molar-refractivity contribution >= 4 is 32.5 Å². The second-order valence-corrected chi connectivity index (χ2v) is 3.93. The van der Waals surface area contributed by atoms with Crippen LogP contribution >= 0.6 is 15.9 Å². The summed E-state index contributed by atoms with van der Waals surface area (Å²) in [5.74, 6) is -0.620. The number of aromatic nitrogens is 1. The maximum atomic E-state index is 11.4. The fourth-order valence-electron chi connectivity index (χ4n) is 1.43. The monoisotopic (exact) mass is 284 g/mol. The lowest BCUT2D eigenvalue weighted by Crippen LogP contribution is -2.11. The molecule has 0 unspecified atom stereocenters. The van der Waals surface area contributed by atoms with Crippen LogP contribution < -0.4 is 5.56 Å². The molecular formula is C9H5BrN2O4. The maximum Gasteiger partial charge on any atom is 0.375 e. The average molecular weight is 285 g/mol. The quantitative estimate of drug-likeness (QED) is 0.617. The number of benzene rings is 1. The summed E-state index contributed by atoms with van der Waals surface area (Å²) in [5, 5.41) is 20.5. The van der Waals surface area contributed by atoms with Crippen molar-refractivity contribution in [3.05, 3.63) is 43.1 Å². The number of rotatable bonds is 1. The van der Waals surface area contributed by atoms with Crippen molar-refractivity contribution in [2.45, 2.75) is 0 Å². The van der Waals surface area contributed by atoms with Crippen LogP contribution in [0.2, 0.25) is 0 Å². The van der Waals surface area contributed by atoms with Crippen molar-refractivity contribution in [2.24, 2.45) is 0 Å². The molecule has 0 radical (unpaired) electrons. The van der Waals surface area contributed by atoms with Crippen LogP contribution in [-0.4, -0.2) is 15.0 Å². The lowest BCUT2D eigenvalue weighted by Gasteiger charge is -2.02. The first-order chi connectivity index (χ1) is 7.52. The highest BCUT2D eigenvalue weighted by molar-refractivity contribution is 9.10. The second kappa shape index (κ2) is 3.60. The highest BCUT2D eigenvalue weighted by Crippen LogP contribution is 2.32. The molecule has 0 aliphatic heterocycles. The maximum absolute atomic E-state index is 11.4. The fourth-order valence-corrected chi connectivity index (χ4v) is 1.89. The predicted octanol–water partition coefficient (Wildman–Crippen LogP) is 1.90. The van der Waals surface area contributed by atoms with Crippen LogP contribution in [0.15, 0.2) is 27.5 Å². The van der Waals surface area contributed by atoms with E-state index < -0.39 is 21.9 Å². The molecular weight excluding hydrogens is 280 g/mol. The van der Waals surface area contributed by atoms with E-state index in [1.54, 1.807) is 12.1 Å². The predicted molar refractivity (Wildman–Crippen MR) is 60.6 cm³/mol. The Morgan fingerprint density at radius 3 is 2.75 bits per heavy atom. The van der Waals surface area contributed by atoms with Crippen molar-refractivity contribution in [3.8, 4) is 5.75 Å². The first-order valence-electron chi connectivity index (χ1n) is 4.20. The Bertz CT molecular complexity index is 650. The van der Waals surface area contributed by atoms with E-state index in [0.29, 0.717) is 9.99 Å². The summed E-state index contributed by atoms with van der Waals surface area (Å²) in [6.45, 7) is 0. The Labute approximate surface area is 96.8 Å². The standard InChI is InChI=1S/C9H5BrN2O4/c10-5-3-1-2-4-6(5)11-9(14)7(8(4)13)12(15)16/h1-3H,(H2,11,13,14). The third kappa shape index (κ3) is 1.45. The fraction of sp³-hybridized carbons (Fsp3) is 0. The van der Waals surface area contributed by atoms with E-state index in [1.807, 2.05) is 0 Å². The number of fused-ring (bicyclic) bond motifs is 1. The highest BCUT2D eigenvalue weighted by atomic mass is 79.9. The van der Waals surface area contributed by atoms with Gasteiger partial charge >= 0.3 is 11.2 Å². The molecule has 7 heteroatoms. The molecule has 0 amide bonds. The molecule has 6 nitrogen and oxygen atoms in total. The summed E-state index contributed by atoms with van der Waals surface area (Å²) >= 11 is 3.18. The number of aromatic amines is 1. The summed E-state index contributed by atoms with van der Waals surface area (Å²) in [6, 6.07) is 4.75. The number of pyridine rings is 1. The normalized spacial score (nSPS) is 10.6. The van der Waals surface area contributed by atoms with Gasteiger partial charge in [-0.1, -0.05) is 6.07 Å². The molecule has 0 atom stereocenters. The number of hydrogen-bond acceptors (Lipinski definition) is 4. The Balaban J connectivity index is 3.01. The van der Waals surface area contributed by atoms with Crippen molar-refractivity contribution < 1.29 is 10.0 Å². The van der Waals surface area contributed by atoms with Crippen molar-refractivity contribution in [3.63, 3.8) is 0 Å². The Hall–Kier alpha value is -1.89. The van der Waals surface area contributed by atoms with Gasteiger partial charge in [-0.3, -0.25) is 14.9 Å². The summed E-state index contributed by atoms with van der Waals surface area (Å²) in [4.78, 5) is 23.4. The number of halogens is 1. The molecule has 0 fully saturated rings. The molecule has 0 aliphatic rings. The van der Waals surface area contributed by atoms with E-state index in [-0.39, 0.29) is 5.39 Å². The molecule has 1 heterocycles. The van der Waals surface area contributed by atoms with Gasteiger partial charge in [-0.25, -0.2) is 0 Å². The van der Waals surface area contributed by atoms with E-state index in [4.69, 9.17) is 0 Å². The van der Waals surface area contributed by atoms with Gasteiger partial charge in [0, 0.05) is 9.86 Å². The van der Waals surface area contributed by atoms with Gasteiger partial charge in [0.15, 0.2) is 0 Å². The van der Waals surface area contributed by atoms with E-state index in [2.05, 4.69) is 20.9 Å². The molecule has 1 aromatic carbocycles. The summed E-state index contributed by atoms with van der Waals surface area (Å²) in [6.07, 6.45) is 0. The van der Waals surface area contributed by atoms with Gasteiger partial charge in [-0.2, -0.15) is 0 Å². The van der Waals surface area contributed by atoms with Gasteiger partial charge in [-0.15, -0.1) is 0 Å². The molecule has 0 aliphatic carbocycles. The van der Waals surface area contributed by atoms with Gasteiger partial charge in [0.25, 0.3) is 0 Å². The molecule has 2 aromatic rings. The molecule has 0 saturated heterocycles. The smallest absolute Gasteiger partial charge is 0.375 e. The molecule has 1 aromatic heterocycles. The van der Waals surface area contributed by atoms with Crippen LogP contribution in [0.4, 0.5) is 5.69 Å². The third-order valence-electron chi connectivity index (χ3n) is 2.13. The minimum Gasteiger partial charge on any atom is -0.501 e. The van der Waals surface area contributed by atoms with Crippen molar-refractivity contribution in [1.82, 2.24) is 4.98 Å². The number of nitro groups is 1. The van der Waals surface area contributed by atoms with Crippen LogP contribution in [0.25, 0.3) is 10.9 Å². The SMILES string of the molecule is O=c1[nH]c2c(Br)cccc2c(O)c1[N+](=O)[O-]. The van der Waals surface area contributed by atoms with Crippen LogP contribution in [0.5, 0.6) is 5.75 Å². The molecule has 0 saturated carbocycles. The third-order valence-corrected chi connectivity index (χ3v) is 2.79. The van der Waals surface area contributed by atoms with E-state index in [1.165, 1.54) is 6.07 Å². The average Bonchev–Trinajstić information content (AvgIpc) is 2.19. The Kier molecular flexibility index (Phi) is 2.39. The lowest BCUT2D eigenvalue weighted by molar-refractivity contribution is -0.387.